The van der Waals surface area contributed by atoms with Crippen LogP contribution in [0.3, 0.4) is 0 Å². The molecule has 0 unspecified atom stereocenters. The molecule has 0 aromatic heterocycles. The van der Waals surface area contributed by atoms with Gasteiger partial charge in [0, 0.05) is 13.3 Å². The maximum absolute atomic E-state index is 11.4. The summed E-state index contributed by atoms with van der Waals surface area (Å²) in [6.07, 6.45) is 1.12. The molecule has 0 bridgehead atoms. The summed E-state index contributed by atoms with van der Waals surface area (Å²) in [6.45, 7) is 0. The summed E-state index contributed by atoms with van der Waals surface area (Å²) in [4.78, 5) is 5.06. The van der Waals surface area contributed by atoms with E-state index in [0.717, 1.165) is 6.26 Å². The highest BCUT2D eigenvalue weighted by molar-refractivity contribution is 7.90. The molecule has 0 amide bonds. The molecule has 1 rings (SSSR count). The van der Waals surface area contributed by atoms with Crippen LogP contribution in [-0.4, -0.2) is 28.8 Å². The second kappa shape index (κ2) is 4.08. The van der Waals surface area contributed by atoms with Gasteiger partial charge in [0.25, 0.3) is 0 Å². The van der Waals surface area contributed by atoms with Crippen LogP contribution >= 0.6 is 0 Å². The van der Waals surface area contributed by atoms with Gasteiger partial charge in [-0.25, -0.2) is 8.42 Å². The number of sulfone groups is 1. The molecule has 1 aromatic rings. The van der Waals surface area contributed by atoms with Crippen molar-refractivity contribution in [1.82, 2.24) is 0 Å². The minimum atomic E-state index is -3.30. The molecular formula is C9H14N2O3S. The van der Waals surface area contributed by atoms with E-state index in [1.54, 1.807) is 19.2 Å². The van der Waals surface area contributed by atoms with E-state index in [1.807, 2.05) is 0 Å². The number of anilines is 2. The number of benzene rings is 1. The molecule has 84 valence electrons. The van der Waals surface area contributed by atoms with E-state index >= 15 is 0 Å². The molecule has 5 nitrogen and oxygen atoms in total. The van der Waals surface area contributed by atoms with Crippen molar-refractivity contribution in [1.29, 1.82) is 0 Å². The molecule has 2 N–H and O–H groups in total. The number of hydrogen-bond acceptors (Lipinski definition) is 5. The fraction of sp³-hybridized carbons (Fsp3) is 0.333. The van der Waals surface area contributed by atoms with Crippen molar-refractivity contribution in [3.05, 3.63) is 18.2 Å². The van der Waals surface area contributed by atoms with Crippen molar-refractivity contribution in [2.45, 2.75) is 4.90 Å². The molecule has 1 aromatic carbocycles. The highest BCUT2D eigenvalue weighted by atomic mass is 32.2. The van der Waals surface area contributed by atoms with E-state index in [9.17, 15) is 8.42 Å². The summed E-state index contributed by atoms with van der Waals surface area (Å²) in [5, 5.41) is 1.41. The monoisotopic (exact) mass is 230 g/mol. The number of hydroxylamine groups is 1. The lowest BCUT2D eigenvalue weighted by Gasteiger charge is -2.19. The van der Waals surface area contributed by atoms with E-state index < -0.39 is 9.84 Å². The molecule has 6 heteroatoms. The largest absolute Gasteiger partial charge is 0.396 e. The Hall–Kier alpha value is -1.27. The van der Waals surface area contributed by atoms with Gasteiger partial charge in [0.05, 0.1) is 23.4 Å². The van der Waals surface area contributed by atoms with E-state index in [2.05, 4.69) is 0 Å². The lowest BCUT2D eigenvalue weighted by atomic mass is 10.3. The van der Waals surface area contributed by atoms with Crippen LogP contribution in [0.25, 0.3) is 0 Å². The zero-order valence-electron chi connectivity index (χ0n) is 8.89. The number of rotatable bonds is 3. The standard InChI is InChI=1S/C9H14N2O3S/c1-11(14-2)7-5-4-6-8(9(7)10)15(3,12)13/h4-6H,10H2,1-3H3. The SMILES string of the molecule is CON(C)c1cccc(S(C)(=O)=O)c1N. The Morgan fingerprint density at radius 3 is 2.47 bits per heavy atom. The number of nitrogens with two attached hydrogens (primary N) is 1. The van der Waals surface area contributed by atoms with Crippen molar-refractivity contribution >= 4 is 21.2 Å². The highest BCUT2D eigenvalue weighted by Gasteiger charge is 2.15. The molecule has 15 heavy (non-hydrogen) atoms. The van der Waals surface area contributed by atoms with Gasteiger partial charge in [-0.1, -0.05) is 6.07 Å². The molecule has 0 spiro atoms. The van der Waals surface area contributed by atoms with Crippen LogP contribution in [0, 0.1) is 0 Å². The summed E-state index contributed by atoms with van der Waals surface area (Å²) >= 11 is 0. The van der Waals surface area contributed by atoms with E-state index in [1.165, 1.54) is 18.2 Å². The second-order valence-corrected chi connectivity index (χ2v) is 5.13. The second-order valence-electron chi connectivity index (χ2n) is 3.14. The fourth-order valence-corrected chi connectivity index (χ4v) is 2.06. The minimum absolute atomic E-state index is 0.115. The van der Waals surface area contributed by atoms with Crippen LogP contribution in [0.5, 0.6) is 0 Å². The number of nitrogens with zero attached hydrogens (tertiary/aromatic N) is 1. The number of nitrogen functional groups attached to an aromatic ring is 1. The first-order valence-electron chi connectivity index (χ1n) is 4.24. The van der Waals surface area contributed by atoms with Gasteiger partial charge in [-0.3, -0.25) is 9.90 Å². The molecule has 0 aliphatic heterocycles. The van der Waals surface area contributed by atoms with Crippen LogP contribution in [-0.2, 0) is 14.7 Å². The molecule has 0 aliphatic rings. The summed E-state index contributed by atoms with van der Waals surface area (Å²) in [6, 6.07) is 4.78. The lowest BCUT2D eigenvalue weighted by molar-refractivity contribution is 0.185. The van der Waals surface area contributed by atoms with Gasteiger partial charge in [-0.2, -0.15) is 0 Å². The number of hydrogen-bond donors (Lipinski definition) is 1. The Balaban J connectivity index is 3.36. The smallest absolute Gasteiger partial charge is 0.177 e. The number of para-hydroxylation sites is 1. The van der Waals surface area contributed by atoms with Gasteiger partial charge in [0.2, 0.25) is 0 Å². The molecule has 0 atom stereocenters. The third kappa shape index (κ3) is 2.40. The van der Waals surface area contributed by atoms with E-state index in [-0.39, 0.29) is 10.6 Å². The van der Waals surface area contributed by atoms with Gasteiger partial charge in [0.1, 0.15) is 0 Å². The average molecular weight is 230 g/mol. The molecule has 0 heterocycles. The molecule has 0 saturated carbocycles. The summed E-state index contributed by atoms with van der Waals surface area (Å²) in [5.74, 6) is 0. The predicted molar refractivity (Wildman–Crippen MR) is 59.4 cm³/mol. The van der Waals surface area contributed by atoms with Crippen LogP contribution in [0.1, 0.15) is 0 Å². The van der Waals surface area contributed by atoms with Crippen molar-refractivity contribution in [3.8, 4) is 0 Å². The van der Waals surface area contributed by atoms with Crippen LogP contribution < -0.4 is 10.8 Å². The highest BCUT2D eigenvalue weighted by Crippen LogP contribution is 2.28. The van der Waals surface area contributed by atoms with Crippen molar-refractivity contribution in [3.63, 3.8) is 0 Å². The molecular weight excluding hydrogens is 216 g/mol. The third-order valence-electron chi connectivity index (χ3n) is 2.06. The van der Waals surface area contributed by atoms with Gasteiger partial charge < -0.3 is 5.73 Å². The predicted octanol–water partition coefficient (Wildman–Crippen LogP) is 0.670. The summed E-state index contributed by atoms with van der Waals surface area (Å²) < 4.78 is 22.8. The molecule has 0 radical (unpaired) electrons. The summed E-state index contributed by atoms with van der Waals surface area (Å²) in [5.41, 5.74) is 6.47. The maximum atomic E-state index is 11.4. The first-order chi connectivity index (χ1) is 6.88. The topological polar surface area (TPSA) is 72.6 Å². The van der Waals surface area contributed by atoms with Crippen LogP contribution in [0.2, 0.25) is 0 Å². The Morgan fingerprint density at radius 1 is 1.40 bits per heavy atom. The Morgan fingerprint density at radius 2 is 2.00 bits per heavy atom. The van der Waals surface area contributed by atoms with E-state index in [0.29, 0.717) is 5.69 Å². The van der Waals surface area contributed by atoms with Gasteiger partial charge >= 0.3 is 0 Å². The third-order valence-corrected chi connectivity index (χ3v) is 3.21. The van der Waals surface area contributed by atoms with E-state index in [4.69, 9.17) is 10.6 Å². The minimum Gasteiger partial charge on any atom is -0.396 e. The Kier molecular flexibility index (Phi) is 3.21. The first kappa shape index (κ1) is 11.8. The molecule has 0 aliphatic carbocycles. The molecule has 0 fully saturated rings. The zero-order chi connectivity index (χ0) is 11.6. The normalized spacial score (nSPS) is 11.4. The van der Waals surface area contributed by atoms with Crippen molar-refractivity contribution < 1.29 is 13.3 Å². The van der Waals surface area contributed by atoms with Gasteiger partial charge in [0.15, 0.2) is 9.84 Å². The van der Waals surface area contributed by atoms with Gasteiger partial charge in [-0.05, 0) is 12.1 Å². The maximum Gasteiger partial charge on any atom is 0.177 e. The van der Waals surface area contributed by atoms with Crippen molar-refractivity contribution in [2.24, 2.45) is 0 Å². The first-order valence-corrected chi connectivity index (χ1v) is 6.13. The zero-order valence-corrected chi connectivity index (χ0v) is 9.71. The summed E-state index contributed by atoms with van der Waals surface area (Å²) in [7, 11) is -0.176. The fourth-order valence-electron chi connectivity index (χ4n) is 1.23. The Labute approximate surface area is 89.3 Å². The van der Waals surface area contributed by atoms with Gasteiger partial charge in [-0.15, -0.1) is 0 Å². The molecule has 0 saturated heterocycles. The van der Waals surface area contributed by atoms with Crippen LogP contribution in [0.15, 0.2) is 23.1 Å². The lowest BCUT2D eigenvalue weighted by Crippen LogP contribution is -2.17. The van der Waals surface area contributed by atoms with Crippen molar-refractivity contribution in [2.75, 3.05) is 31.2 Å². The average Bonchev–Trinajstić information content (AvgIpc) is 2.15. The quantitative estimate of drug-likeness (QED) is 0.610. The Bertz CT molecular complexity index is 456. The van der Waals surface area contributed by atoms with Crippen LogP contribution in [0.4, 0.5) is 11.4 Å².